The molecule has 0 spiro atoms. The fourth-order valence-electron chi connectivity index (χ4n) is 8.64. The van der Waals surface area contributed by atoms with Crippen LogP contribution in [0.1, 0.15) is 115 Å². The number of Topliss-reactive ketones (excluding diaryl/α,β-unsaturated/α-hetero) is 1. The zero-order chi connectivity index (χ0) is 43.9. The van der Waals surface area contributed by atoms with Crippen LogP contribution in [0.3, 0.4) is 0 Å². The van der Waals surface area contributed by atoms with E-state index in [1.165, 1.54) is 4.90 Å². The van der Waals surface area contributed by atoms with Gasteiger partial charge in [0.1, 0.15) is 29.3 Å². The summed E-state index contributed by atoms with van der Waals surface area (Å²) >= 11 is 0. The van der Waals surface area contributed by atoms with Gasteiger partial charge in [-0.15, -0.1) is 0 Å². The minimum absolute atomic E-state index is 0.0131. The highest BCUT2D eigenvalue weighted by Crippen LogP contribution is 2.57. The first-order valence-electron chi connectivity index (χ1n) is 21.7. The Bertz CT molecular complexity index is 2320. The number of pyridine rings is 1. The van der Waals surface area contributed by atoms with Crippen LogP contribution in [0.5, 0.6) is 17.4 Å². The van der Waals surface area contributed by atoms with Gasteiger partial charge in [-0.1, -0.05) is 38.8 Å². The first-order valence-corrected chi connectivity index (χ1v) is 23.1. The number of hydrogen-bond acceptors (Lipinski definition) is 11. The predicted octanol–water partition coefficient (Wildman–Crippen LogP) is 5.82. The van der Waals surface area contributed by atoms with E-state index in [9.17, 15) is 27.6 Å². The van der Waals surface area contributed by atoms with E-state index in [1.54, 1.807) is 37.0 Å². The molecule has 3 fully saturated rings. The molecular weight excluding hydrogens is 801 g/mol. The second kappa shape index (κ2) is 17.4. The molecule has 61 heavy (non-hydrogen) atoms. The molecule has 0 unspecified atom stereocenters. The number of aryl methyl sites for hydroxylation is 1. The molecular formula is C45H60N6O9S. The average Bonchev–Trinajstić information content (AvgIpc) is 3.99. The third-order valence-electron chi connectivity index (χ3n) is 12.6. The molecule has 5 atom stereocenters. The molecule has 3 aromatic rings. The molecule has 1 saturated heterocycles. The van der Waals surface area contributed by atoms with E-state index in [4.69, 9.17) is 19.2 Å². The summed E-state index contributed by atoms with van der Waals surface area (Å²) in [5.74, 6) is -0.609. The zero-order valence-electron chi connectivity index (χ0n) is 36.4. The first-order chi connectivity index (χ1) is 28.9. The van der Waals surface area contributed by atoms with E-state index in [0.717, 1.165) is 18.4 Å². The van der Waals surface area contributed by atoms with E-state index in [0.29, 0.717) is 79.3 Å². The number of ether oxygens (including phenoxy) is 3. The molecule has 0 radical (unpaired) electrons. The molecule has 2 aliphatic heterocycles. The van der Waals surface area contributed by atoms with Crippen LogP contribution in [0.4, 0.5) is 0 Å². The second-order valence-electron chi connectivity index (χ2n) is 18.3. The summed E-state index contributed by atoms with van der Waals surface area (Å²) in [4.78, 5) is 63.7. The topological polar surface area (TPSA) is 188 Å². The number of nitrogens with zero attached hydrogens (tertiary/aromatic N) is 4. The van der Waals surface area contributed by atoms with Gasteiger partial charge in [0, 0.05) is 42.6 Å². The number of fused-ring (bicyclic) bond motifs is 3. The number of sulfonamides is 1. The summed E-state index contributed by atoms with van der Waals surface area (Å²) in [5, 5.41) is 8.10. The van der Waals surface area contributed by atoms with Crippen LogP contribution in [-0.2, 0) is 31.0 Å². The number of amides is 3. The van der Waals surface area contributed by atoms with Crippen molar-refractivity contribution in [2.45, 2.75) is 141 Å². The van der Waals surface area contributed by atoms with Crippen LogP contribution < -0.4 is 24.2 Å². The van der Waals surface area contributed by atoms with Crippen LogP contribution >= 0.6 is 0 Å². The molecule has 1 aromatic carbocycles. The number of carbonyl (C=O) groups is 4. The Kier molecular flexibility index (Phi) is 12.6. The SMILES string of the molecule is COc1ccc2c(O[C@@H]3C[C@H]4C(=O)C[C@]5(C(=O)NS(=O)(=O)C6(C)CC6)C[C@H]5/C=C\CCCCC[C@H](NC(=O)c5ccn(CC(C)C)n5)C(=O)N4C3)cc(OC(C)C)nc2c1C. The summed E-state index contributed by atoms with van der Waals surface area (Å²) in [6.45, 7) is 12.0. The van der Waals surface area contributed by atoms with Crippen LogP contribution in [0.2, 0.25) is 0 Å². The van der Waals surface area contributed by atoms with Crippen LogP contribution in [-0.4, -0.2) is 94.3 Å². The maximum atomic E-state index is 14.9. The van der Waals surface area contributed by atoms with Gasteiger partial charge in [0.05, 0.1) is 41.5 Å². The van der Waals surface area contributed by atoms with Gasteiger partial charge < -0.3 is 24.4 Å². The zero-order valence-corrected chi connectivity index (χ0v) is 37.2. The third kappa shape index (κ3) is 9.43. The van der Waals surface area contributed by atoms with Gasteiger partial charge in [0.2, 0.25) is 27.7 Å². The Morgan fingerprint density at radius 3 is 2.52 bits per heavy atom. The molecule has 3 amide bonds. The van der Waals surface area contributed by atoms with Gasteiger partial charge in [0.15, 0.2) is 5.78 Å². The van der Waals surface area contributed by atoms with E-state index in [-0.39, 0.29) is 42.9 Å². The van der Waals surface area contributed by atoms with E-state index in [2.05, 4.69) is 29.0 Å². The molecule has 2 aliphatic carbocycles. The third-order valence-corrected chi connectivity index (χ3v) is 14.7. The number of methoxy groups -OCH3 is 1. The number of rotatable bonds is 12. The molecule has 330 valence electrons. The van der Waals surface area contributed by atoms with Gasteiger partial charge in [-0.05, 0) is 96.3 Å². The lowest BCUT2D eigenvalue weighted by Gasteiger charge is -2.29. The minimum atomic E-state index is -3.97. The quantitative estimate of drug-likeness (QED) is 0.209. The molecule has 7 rings (SSSR count). The minimum Gasteiger partial charge on any atom is -0.496 e. The van der Waals surface area contributed by atoms with Crippen molar-refractivity contribution in [1.29, 1.82) is 0 Å². The number of benzene rings is 1. The van der Waals surface area contributed by atoms with Gasteiger partial charge in [-0.2, -0.15) is 5.10 Å². The number of hydrogen-bond donors (Lipinski definition) is 2. The Morgan fingerprint density at radius 1 is 1.05 bits per heavy atom. The van der Waals surface area contributed by atoms with E-state index in [1.807, 2.05) is 45.1 Å². The van der Waals surface area contributed by atoms with Gasteiger partial charge in [-0.3, -0.25) is 28.6 Å². The normalized spacial score (nSPS) is 25.9. The molecule has 2 N–H and O–H groups in total. The summed E-state index contributed by atoms with van der Waals surface area (Å²) in [6, 6.07) is 5.00. The van der Waals surface area contributed by atoms with Crippen molar-refractivity contribution in [2.75, 3.05) is 13.7 Å². The van der Waals surface area contributed by atoms with Gasteiger partial charge >= 0.3 is 0 Å². The predicted molar refractivity (Wildman–Crippen MR) is 229 cm³/mol. The highest BCUT2D eigenvalue weighted by molar-refractivity contribution is 7.91. The molecule has 4 heterocycles. The van der Waals surface area contributed by atoms with Crippen LogP contribution in [0.15, 0.2) is 42.6 Å². The first kappa shape index (κ1) is 44.1. The number of nitrogens with one attached hydrogen (secondary N) is 2. The molecule has 0 bridgehead atoms. The van der Waals surface area contributed by atoms with Crippen LogP contribution in [0, 0.1) is 24.2 Å². The van der Waals surface area contributed by atoms with Crippen molar-refractivity contribution >= 4 is 44.4 Å². The standard InChI is InChI=1S/C45H60N6O9S/c1-27(2)25-50-20-17-33(48-50)41(53)46-34-14-12-10-8-9-11-13-30-23-45(30,43(55)49-61(56,57)44(6)18-19-44)24-36(52)35-21-31(26-51(35)42(34)54)60-38-22-39(59-28(3)4)47-40-29(5)37(58-7)16-15-32(38)40/h11,13,15-17,20,22,27-28,30-31,34-35H,8-10,12,14,18-19,21,23-26H2,1-7H3,(H,46,53)(H,49,55)/b13-11-/t30-,31-,34+,35+,45-/m1/s1. The van der Waals surface area contributed by atoms with Crippen molar-refractivity contribution in [3.05, 3.63) is 53.9 Å². The highest BCUT2D eigenvalue weighted by Gasteiger charge is 2.62. The Labute approximate surface area is 358 Å². The van der Waals surface area contributed by atoms with E-state index >= 15 is 0 Å². The Hall–Kier alpha value is -4.99. The number of allylic oxidation sites excluding steroid dienone is 2. The van der Waals surface area contributed by atoms with Gasteiger partial charge in [0.25, 0.3) is 5.91 Å². The maximum Gasteiger partial charge on any atom is 0.272 e. The Morgan fingerprint density at radius 2 is 1.82 bits per heavy atom. The average molecular weight is 861 g/mol. The fourth-order valence-corrected chi connectivity index (χ4v) is 9.97. The maximum absolute atomic E-state index is 14.9. The summed E-state index contributed by atoms with van der Waals surface area (Å²) in [5.41, 5.74) is 0.291. The molecule has 15 nitrogen and oxygen atoms in total. The highest BCUT2D eigenvalue weighted by atomic mass is 32.2. The molecule has 4 aliphatic rings. The van der Waals surface area contributed by atoms with E-state index < -0.39 is 56.1 Å². The fraction of sp³-hybridized carbons (Fsp3) is 0.600. The van der Waals surface area contributed by atoms with Crippen molar-refractivity contribution < 1.29 is 41.8 Å². The largest absolute Gasteiger partial charge is 0.496 e. The summed E-state index contributed by atoms with van der Waals surface area (Å²) < 4.78 is 48.0. The monoisotopic (exact) mass is 860 g/mol. The number of aromatic nitrogens is 3. The van der Waals surface area contributed by atoms with Crippen molar-refractivity contribution in [3.8, 4) is 17.4 Å². The summed E-state index contributed by atoms with van der Waals surface area (Å²) in [7, 11) is -2.39. The van der Waals surface area contributed by atoms with Crippen LogP contribution in [0.25, 0.3) is 10.9 Å². The van der Waals surface area contributed by atoms with Crippen molar-refractivity contribution in [1.82, 2.24) is 29.7 Å². The van der Waals surface area contributed by atoms with Gasteiger partial charge in [-0.25, -0.2) is 13.4 Å². The molecule has 2 aromatic heterocycles. The molecule has 16 heteroatoms. The van der Waals surface area contributed by atoms with Crippen molar-refractivity contribution in [2.24, 2.45) is 17.3 Å². The number of carbonyl (C=O) groups excluding carboxylic acids is 4. The molecule has 2 saturated carbocycles. The summed E-state index contributed by atoms with van der Waals surface area (Å²) in [6.07, 6.45) is 9.10. The van der Waals surface area contributed by atoms with Crippen molar-refractivity contribution in [3.63, 3.8) is 0 Å². The lowest BCUT2D eigenvalue weighted by atomic mass is 9.91. The lowest BCUT2D eigenvalue weighted by Crippen LogP contribution is -2.52. The lowest BCUT2D eigenvalue weighted by molar-refractivity contribution is -0.140. The second-order valence-corrected chi connectivity index (χ2v) is 20.5. The Balaban J connectivity index is 1.23. The smallest absolute Gasteiger partial charge is 0.272 e. The number of ketones is 1.